The molecule has 39 heavy (non-hydrogen) atoms. The SMILES string of the molecule is C/C=C1/C[N@+]2(CC(=O)c3c(C)n(C)c4ccc(OC)cc34)CC[C@]34C(=C(C=O)[C@H]1C[C@@H]32)Nc1c(O)cccc14. The van der Waals surface area contributed by atoms with Crippen LogP contribution in [0.4, 0.5) is 5.69 Å². The topological polar surface area (TPSA) is 80.6 Å². The number of benzene rings is 2. The fourth-order valence-electron chi connectivity index (χ4n) is 8.58. The van der Waals surface area contributed by atoms with Crippen LogP contribution in [0.5, 0.6) is 11.5 Å². The smallest absolute Gasteiger partial charge is 0.219 e. The molecule has 0 radical (unpaired) electrons. The summed E-state index contributed by atoms with van der Waals surface area (Å²) in [6.07, 6.45) is 4.82. The number of aryl methyl sites for hydroxylation is 1. The lowest BCUT2D eigenvalue weighted by atomic mass is 9.61. The summed E-state index contributed by atoms with van der Waals surface area (Å²) in [4.78, 5) is 27.0. The Hall–Kier alpha value is -3.84. The van der Waals surface area contributed by atoms with Gasteiger partial charge in [-0.1, -0.05) is 18.2 Å². The molecule has 7 heteroatoms. The lowest BCUT2D eigenvalue weighted by Crippen LogP contribution is -2.64. The molecular weight excluding hydrogens is 490 g/mol. The first-order chi connectivity index (χ1) is 18.8. The van der Waals surface area contributed by atoms with Gasteiger partial charge in [-0.2, -0.15) is 0 Å². The largest absolute Gasteiger partial charge is 0.506 e. The number of para-hydroxylation sites is 1. The number of ketones is 1. The van der Waals surface area contributed by atoms with Crippen LogP contribution in [-0.2, 0) is 17.3 Å². The van der Waals surface area contributed by atoms with Gasteiger partial charge in [0.05, 0.1) is 30.3 Å². The summed E-state index contributed by atoms with van der Waals surface area (Å²) in [5, 5.41) is 15.2. The molecule has 200 valence electrons. The zero-order valence-corrected chi connectivity index (χ0v) is 22.9. The first-order valence-corrected chi connectivity index (χ1v) is 13.8. The monoisotopic (exact) mass is 524 g/mol. The van der Waals surface area contributed by atoms with Gasteiger partial charge in [-0.25, -0.2) is 0 Å². The number of quaternary nitrogens is 1. The fourth-order valence-corrected chi connectivity index (χ4v) is 8.58. The van der Waals surface area contributed by atoms with Crippen molar-refractivity contribution in [2.45, 2.75) is 38.1 Å². The molecule has 4 atom stereocenters. The van der Waals surface area contributed by atoms with E-state index in [2.05, 4.69) is 22.0 Å². The number of allylic oxidation sites excluding steroid dienone is 2. The third-order valence-electron chi connectivity index (χ3n) is 10.4. The number of hydrogen-bond acceptors (Lipinski definition) is 5. The molecule has 1 spiro atoms. The summed E-state index contributed by atoms with van der Waals surface area (Å²) >= 11 is 0. The van der Waals surface area contributed by atoms with E-state index in [9.17, 15) is 14.7 Å². The Balaban J connectivity index is 1.39. The van der Waals surface area contributed by atoms with Gasteiger partial charge in [-0.15, -0.1) is 0 Å². The normalized spacial score (nSPS) is 29.4. The number of nitrogens with one attached hydrogen (secondary N) is 1. The predicted octanol–water partition coefficient (Wildman–Crippen LogP) is 4.77. The van der Waals surface area contributed by atoms with Gasteiger partial charge in [-0.05, 0) is 49.2 Å². The van der Waals surface area contributed by atoms with Crippen LogP contribution in [-0.4, -0.2) is 59.0 Å². The van der Waals surface area contributed by atoms with E-state index in [0.29, 0.717) is 16.7 Å². The van der Waals surface area contributed by atoms with Crippen LogP contribution in [0, 0.1) is 12.8 Å². The third kappa shape index (κ3) is 2.91. The molecule has 2 saturated heterocycles. The number of phenolic OH excluding ortho intramolecular Hbond substituents is 1. The number of ether oxygens (including phenoxy) is 1. The Morgan fingerprint density at radius 3 is 2.87 bits per heavy atom. The summed E-state index contributed by atoms with van der Waals surface area (Å²) in [6.45, 7) is 6.05. The van der Waals surface area contributed by atoms with Gasteiger partial charge in [0.15, 0.2) is 0 Å². The number of fused-ring (bicyclic) bond motifs is 3. The summed E-state index contributed by atoms with van der Waals surface area (Å²) in [5.74, 6) is 1.12. The molecule has 2 aromatic carbocycles. The van der Waals surface area contributed by atoms with Gasteiger partial charge < -0.3 is 24.2 Å². The number of piperidine rings is 1. The van der Waals surface area contributed by atoms with Gasteiger partial charge in [0, 0.05) is 53.7 Å². The van der Waals surface area contributed by atoms with Crippen molar-refractivity contribution in [3.8, 4) is 11.5 Å². The van der Waals surface area contributed by atoms with Gasteiger partial charge in [-0.3, -0.25) is 9.59 Å². The first-order valence-electron chi connectivity index (χ1n) is 13.8. The van der Waals surface area contributed by atoms with Gasteiger partial charge in [0.2, 0.25) is 5.78 Å². The summed E-state index contributed by atoms with van der Waals surface area (Å²) in [6, 6.07) is 11.7. The first kappa shape index (κ1) is 24.2. The van der Waals surface area contributed by atoms with Crippen LogP contribution >= 0.6 is 0 Å². The van der Waals surface area contributed by atoms with Gasteiger partial charge in [0.1, 0.15) is 36.9 Å². The Kier molecular flexibility index (Phi) is 5.02. The van der Waals surface area contributed by atoms with Crippen LogP contribution in [0.2, 0.25) is 0 Å². The highest BCUT2D eigenvalue weighted by Gasteiger charge is 2.69. The Morgan fingerprint density at radius 2 is 2.13 bits per heavy atom. The summed E-state index contributed by atoms with van der Waals surface area (Å²) < 4.78 is 8.26. The number of Topliss-reactive ketones (excluding diaryl/α,β-unsaturated/α-hetero) is 1. The van der Waals surface area contributed by atoms with Crippen molar-refractivity contribution in [3.05, 3.63) is 76.1 Å². The highest BCUT2D eigenvalue weighted by Crippen LogP contribution is 2.64. The van der Waals surface area contributed by atoms with Crippen molar-refractivity contribution in [1.29, 1.82) is 0 Å². The van der Waals surface area contributed by atoms with Crippen molar-refractivity contribution in [2.24, 2.45) is 13.0 Å². The number of aromatic hydroxyl groups is 1. The van der Waals surface area contributed by atoms with E-state index >= 15 is 0 Å². The fraction of sp³-hybridized carbons (Fsp3) is 0.375. The van der Waals surface area contributed by atoms with Gasteiger partial charge in [0.25, 0.3) is 0 Å². The van der Waals surface area contributed by atoms with E-state index in [1.54, 1.807) is 13.2 Å². The molecule has 0 unspecified atom stereocenters. The molecule has 3 aliphatic heterocycles. The number of carbonyl (C=O) groups is 2. The maximum atomic E-state index is 14.4. The maximum Gasteiger partial charge on any atom is 0.219 e. The highest BCUT2D eigenvalue weighted by atomic mass is 16.5. The Morgan fingerprint density at radius 1 is 1.31 bits per heavy atom. The van der Waals surface area contributed by atoms with E-state index in [4.69, 9.17) is 4.74 Å². The lowest BCUT2D eigenvalue weighted by molar-refractivity contribution is -0.934. The van der Waals surface area contributed by atoms with Gasteiger partial charge >= 0.3 is 0 Å². The van der Waals surface area contributed by atoms with Crippen LogP contribution in [0.25, 0.3) is 10.9 Å². The number of carbonyl (C=O) groups excluding carboxylic acids is 2. The second kappa shape index (κ2) is 8.09. The Labute approximate surface area is 228 Å². The number of aldehydes is 1. The van der Waals surface area contributed by atoms with E-state index in [0.717, 1.165) is 77.0 Å². The minimum Gasteiger partial charge on any atom is -0.506 e. The molecule has 2 N–H and O–H groups in total. The Bertz CT molecular complexity index is 1660. The molecule has 0 amide bonds. The van der Waals surface area contributed by atoms with Crippen LogP contribution in [0.15, 0.2) is 59.3 Å². The average molecular weight is 525 g/mol. The third-order valence-corrected chi connectivity index (χ3v) is 10.4. The maximum absolute atomic E-state index is 14.4. The van der Waals surface area contributed by atoms with Crippen LogP contribution < -0.4 is 10.1 Å². The van der Waals surface area contributed by atoms with Crippen molar-refractivity contribution >= 4 is 28.7 Å². The molecule has 2 fully saturated rings. The van der Waals surface area contributed by atoms with Crippen molar-refractivity contribution in [1.82, 2.24) is 4.57 Å². The highest BCUT2D eigenvalue weighted by molar-refractivity contribution is 6.10. The number of nitrogens with zero attached hydrogens (tertiary/aromatic N) is 2. The molecule has 7 nitrogen and oxygen atoms in total. The van der Waals surface area contributed by atoms with E-state index in [-0.39, 0.29) is 23.5 Å². The number of aromatic nitrogens is 1. The number of hydrogen-bond donors (Lipinski definition) is 2. The number of phenols is 1. The molecule has 4 aliphatic rings. The second-order valence-electron chi connectivity index (χ2n) is 11.7. The predicted molar refractivity (Wildman–Crippen MR) is 150 cm³/mol. The zero-order chi connectivity index (χ0) is 27.3. The van der Waals surface area contributed by atoms with E-state index in [1.807, 2.05) is 45.2 Å². The molecule has 7 rings (SSSR count). The minimum atomic E-state index is -0.405. The number of anilines is 1. The lowest BCUT2D eigenvalue weighted by Gasteiger charge is -2.53. The molecule has 1 aromatic heterocycles. The molecule has 0 saturated carbocycles. The molecular formula is C32H34N3O4+. The number of methoxy groups -OCH3 is 1. The number of rotatable bonds is 5. The van der Waals surface area contributed by atoms with E-state index in [1.165, 1.54) is 5.57 Å². The second-order valence-corrected chi connectivity index (χ2v) is 11.7. The van der Waals surface area contributed by atoms with Crippen LogP contribution in [0.3, 0.4) is 0 Å². The standard InChI is InChI=1S/C32H33N3O4/c1-5-19-15-35(16-27(38)29-18(2)34(3)25-10-9-20(39-4)13-22(25)29)12-11-32-24-7-6-8-26(37)30(24)33-31(32)23(17-36)21(19)14-28(32)35/h5-10,13,17,21,28H,11-12,14-16H2,1-4H3,(H-,33,36,37)/p+1/b19-5-/t21-,28-,32+,35-/m0/s1. The van der Waals surface area contributed by atoms with Crippen molar-refractivity contribution in [3.63, 3.8) is 0 Å². The average Bonchev–Trinajstić information content (AvgIpc) is 3.55. The minimum absolute atomic E-state index is 0.0348. The molecule has 4 heterocycles. The van der Waals surface area contributed by atoms with E-state index < -0.39 is 5.41 Å². The zero-order valence-electron chi connectivity index (χ0n) is 22.9. The molecule has 3 aromatic rings. The van der Waals surface area contributed by atoms with Crippen molar-refractivity contribution in [2.75, 3.05) is 32.1 Å². The van der Waals surface area contributed by atoms with Crippen molar-refractivity contribution < 1.29 is 23.9 Å². The quantitative estimate of drug-likeness (QED) is 0.165. The van der Waals surface area contributed by atoms with Crippen LogP contribution in [0.1, 0.15) is 41.4 Å². The molecule has 2 bridgehead atoms. The summed E-state index contributed by atoms with van der Waals surface area (Å²) in [7, 11) is 3.66. The molecule has 1 aliphatic carbocycles. The summed E-state index contributed by atoms with van der Waals surface area (Å²) in [5.41, 5.74) is 7.08.